The van der Waals surface area contributed by atoms with Crippen LogP contribution in [0, 0.1) is 5.41 Å². The van der Waals surface area contributed by atoms with Crippen molar-refractivity contribution in [3.63, 3.8) is 0 Å². The molecule has 30 heavy (non-hydrogen) atoms. The van der Waals surface area contributed by atoms with E-state index < -0.39 is 0 Å². The molecule has 1 aromatic carbocycles. The predicted octanol–water partition coefficient (Wildman–Crippen LogP) is 2.41. The summed E-state index contributed by atoms with van der Waals surface area (Å²) in [7, 11) is 0. The van der Waals surface area contributed by atoms with E-state index in [0.717, 1.165) is 31.3 Å². The van der Waals surface area contributed by atoms with Crippen molar-refractivity contribution in [1.82, 2.24) is 30.0 Å². The maximum atomic E-state index is 12.7. The molecule has 3 fully saturated rings. The fourth-order valence-corrected chi connectivity index (χ4v) is 5.04. The molecule has 4 heterocycles. The van der Waals surface area contributed by atoms with E-state index in [2.05, 4.69) is 44.3 Å². The Morgan fingerprint density at radius 2 is 2.03 bits per heavy atom. The average Bonchev–Trinajstić information content (AvgIpc) is 3.14. The summed E-state index contributed by atoms with van der Waals surface area (Å²) >= 11 is 0. The molecule has 3 aliphatic rings. The monoisotopic (exact) mass is 404 g/mol. The van der Waals surface area contributed by atoms with E-state index in [9.17, 15) is 4.79 Å². The van der Waals surface area contributed by atoms with Crippen LogP contribution < -0.4 is 0 Å². The SMILES string of the molecule is O=C(c1cocn1)N1CC2(CN(Cc3ccccc3)CC2c2nc(C3CC3)n[nH]2)C1. The van der Waals surface area contributed by atoms with Crippen molar-refractivity contribution < 1.29 is 9.21 Å². The number of benzene rings is 1. The van der Waals surface area contributed by atoms with Crippen LogP contribution in [-0.4, -0.2) is 62.1 Å². The van der Waals surface area contributed by atoms with Gasteiger partial charge in [0.25, 0.3) is 5.91 Å². The fraction of sp³-hybridized carbons (Fsp3) is 0.455. The first-order valence-electron chi connectivity index (χ1n) is 10.6. The molecule has 3 aromatic rings. The summed E-state index contributed by atoms with van der Waals surface area (Å²) in [5.74, 6) is 2.63. The Bertz CT molecular complexity index is 1040. The molecule has 1 saturated carbocycles. The van der Waals surface area contributed by atoms with Crippen molar-refractivity contribution in [3.05, 3.63) is 65.9 Å². The smallest absolute Gasteiger partial charge is 0.275 e. The van der Waals surface area contributed by atoms with E-state index in [-0.39, 0.29) is 17.2 Å². The van der Waals surface area contributed by atoms with E-state index in [1.165, 1.54) is 31.1 Å². The van der Waals surface area contributed by atoms with Gasteiger partial charge in [-0.05, 0) is 18.4 Å². The summed E-state index contributed by atoms with van der Waals surface area (Å²) in [5.41, 5.74) is 1.67. The number of aromatic nitrogens is 4. The molecule has 2 saturated heterocycles. The lowest BCUT2D eigenvalue weighted by molar-refractivity contribution is 0.00136. The van der Waals surface area contributed by atoms with Gasteiger partial charge in [-0.25, -0.2) is 9.97 Å². The van der Waals surface area contributed by atoms with Gasteiger partial charge >= 0.3 is 0 Å². The second-order valence-corrected chi connectivity index (χ2v) is 8.96. The number of amides is 1. The van der Waals surface area contributed by atoms with E-state index in [0.29, 0.717) is 24.7 Å². The molecule has 2 aliphatic heterocycles. The number of rotatable bonds is 5. The highest BCUT2D eigenvalue weighted by molar-refractivity contribution is 5.92. The quantitative estimate of drug-likeness (QED) is 0.702. The number of oxazole rings is 1. The highest BCUT2D eigenvalue weighted by Gasteiger charge is 2.57. The van der Waals surface area contributed by atoms with Crippen LogP contribution in [-0.2, 0) is 6.54 Å². The molecule has 1 atom stereocenters. The summed E-state index contributed by atoms with van der Waals surface area (Å²) < 4.78 is 4.99. The topological polar surface area (TPSA) is 91.2 Å². The lowest BCUT2D eigenvalue weighted by Gasteiger charge is -2.50. The molecule has 1 spiro atoms. The van der Waals surface area contributed by atoms with E-state index in [1.54, 1.807) is 0 Å². The second kappa shape index (κ2) is 6.77. The second-order valence-electron chi connectivity index (χ2n) is 8.96. The van der Waals surface area contributed by atoms with Crippen LogP contribution in [0.15, 0.2) is 47.4 Å². The summed E-state index contributed by atoms with van der Waals surface area (Å²) in [4.78, 5) is 25.9. The van der Waals surface area contributed by atoms with Gasteiger partial charge in [-0.1, -0.05) is 30.3 Å². The molecule has 1 N–H and O–H groups in total. The summed E-state index contributed by atoms with van der Waals surface area (Å²) in [5, 5.41) is 7.72. The Balaban J connectivity index is 1.24. The third kappa shape index (κ3) is 3.02. The highest BCUT2D eigenvalue weighted by Crippen LogP contribution is 2.49. The van der Waals surface area contributed by atoms with Gasteiger partial charge in [-0.3, -0.25) is 14.8 Å². The molecule has 0 bridgehead atoms. The van der Waals surface area contributed by atoms with Crippen LogP contribution >= 0.6 is 0 Å². The molecular formula is C22H24N6O2. The molecule has 6 rings (SSSR count). The Morgan fingerprint density at radius 3 is 2.77 bits per heavy atom. The maximum Gasteiger partial charge on any atom is 0.275 e. The van der Waals surface area contributed by atoms with Crippen LogP contribution in [0.1, 0.15) is 52.4 Å². The van der Waals surface area contributed by atoms with Gasteiger partial charge in [-0.2, -0.15) is 5.10 Å². The maximum absolute atomic E-state index is 12.7. The van der Waals surface area contributed by atoms with Crippen molar-refractivity contribution in [3.8, 4) is 0 Å². The van der Waals surface area contributed by atoms with Gasteiger partial charge in [-0.15, -0.1) is 0 Å². The first-order chi connectivity index (χ1) is 14.7. The van der Waals surface area contributed by atoms with Gasteiger partial charge in [0.1, 0.15) is 12.1 Å². The number of carbonyl (C=O) groups excluding carboxylic acids is 1. The minimum Gasteiger partial charge on any atom is -0.451 e. The number of hydrogen-bond donors (Lipinski definition) is 1. The van der Waals surface area contributed by atoms with Crippen LogP contribution in [0.5, 0.6) is 0 Å². The molecule has 1 unspecified atom stereocenters. The Kier molecular flexibility index (Phi) is 4.02. The zero-order valence-electron chi connectivity index (χ0n) is 16.7. The molecule has 1 amide bonds. The van der Waals surface area contributed by atoms with Crippen molar-refractivity contribution in [1.29, 1.82) is 0 Å². The number of H-pyrrole nitrogens is 1. The standard InChI is InChI=1S/C22H24N6O2/c29-21(18-10-30-14-23-18)28-12-22(13-28)11-27(8-15-4-2-1-3-5-15)9-17(22)20-24-19(25-26-20)16-6-7-16/h1-5,10,14,16-17H,6-9,11-13H2,(H,24,25,26). The molecule has 8 nitrogen and oxygen atoms in total. The third-order valence-corrected chi connectivity index (χ3v) is 6.71. The van der Waals surface area contributed by atoms with Crippen molar-refractivity contribution in [2.75, 3.05) is 26.2 Å². The van der Waals surface area contributed by atoms with Gasteiger partial charge in [0, 0.05) is 50.0 Å². The van der Waals surface area contributed by atoms with Crippen LogP contribution in [0.4, 0.5) is 0 Å². The summed E-state index contributed by atoms with van der Waals surface area (Å²) in [6, 6.07) is 10.5. The zero-order chi connectivity index (χ0) is 20.1. The van der Waals surface area contributed by atoms with E-state index in [1.807, 2.05) is 11.0 Å². The molecule has 1 aliphatic carbocycles. The number of aromatic amines is 1. The van der Waals surface area contributed by atoms with E-state index >= 15 is 0 Å². The number of carbonyl (C=O) groups is 1. The lowest BCUT2D eigenvalue weighted by Crippen LogP contribution is -2.61. The number of nitrogens with one attached hydrogen (secondary N) is 1. The molecule has 8 heteroatoms. The van der Waals surface area contributed by atoms with Crippen LogP contribution in [0.3, 0.4) is 0 Å². The van der Waals surface area contributed by atoms with Gasteiger partial charge in [0.2, 0.25) is 0 Å². The van der Waals surface area contributed by atoms with Crippen LogP contribution in [0.25, 0.3) is 0 Å². The minimum atomic E-state index is -0.0640. The lowest BCUT2D eigenvalue weighted by atomic mass is 9.71. The van der Waals surface area contributed by atoms with E-state index in [4.69, 9.17) is 9.40 Å². The van der Waals surface area contributed by atoms with Crippen molar-refractivity contribution >= 4 is 5.91 Å². The fourth-order valence-electron chi connectivity index (χ4n) is 5.04. The summed E-state index contributed by atoms with van der Waals surface area (Å²) in [6.07, 6.45) is 5.09. The van der Waals surface area contributed by atoms with Crippen LogP contribution in [0.2, 0.25) is 0 Å². The minimum absolute atomic E-state index is 0.00543. The predicted molar refractivity (Wildman–Crippen MR) is 108 cm³/mol. The number of hydrogen-bond acceptors (Lipinski definition) is 6. The molecule has 0 radical (unpaired) electrons. The zero-order valence-corrected chi connectivity index (χ0v) is 16.7. The Morgan fingerprint density at radius 1 is 1.20 bits per heavy atom. The van der Waals surface area contributed by atoms with Gasteiger partial charge < -0.3 is 9.32 Å². The Hall–Kier alpha value is -3.00. The molecular weight excluding hydrogens is 380 g/mol. The normalized spacial score (nSPS) is 23.1. The first-order valence-corrected chi connectivity index (χ1v) is 10.6. The largest absolute Gasteiger partial charge is 0.451 e. The Labute approximate surface area is 174 Å². The first kappa shape index (κ1) is 17.8. The highest BCUT2D eigenvalue weighted by atomic mass is 16.3. The summed E-state index contributed by atoms with van der Waals surface area (Å²) in [6.45, 7) is 4.16. The molecule has 2 aromatic heterocycles. The number of nitrogens with zero attached hydrogens (tertiary/aromatic N) is 5. The number of likely N-dealkylation sites (tertiary alicyclic amines) is 2. The average molecular weight is 404 g/mol. The van der Waals surface area contributed by atoms with Crippen molar-refractivity contribution in [2.24, 2.45) is 5.41 Å². The van der Waals surface area contributed by atoms with Gasteiger partial charge in [0.05, 0.1) is 0 Å². The van der Waals surface area contributed by atoms with Crippen molar-refractivity contribution in [2.45, 2.75) is 31.2 Å². The third-order valence-electron chi connectivity index (χ3n) is 6.71. The molecule has 154 valence electrons. The van der Waals surface area contributed by atoms with Gasteiger partial charge in [0.15, 0.2) is 17.9 Å².